The number of benzene rings is 1. The van der Waals surface area contributed by atoms with Crippen LogP contribution in [0.1, 0.15) is 38.2 Å². The molecule has 0 spiro atoms. The fourth-order valence-electron chi connectivity index (χ4n) is 2.06. The van der Waals surface area contributed by atoms with Gasteiger partial charge in [0.25, 0.3) is 0 Å². The van der Waals surface area contributed by atoms with Gasteiger partial charge in [0.05, 0.1) is 6.04 Å². The van der Waals surface area contributed by atoms with Gasteiger partial charge in [-0.2, -0.15) is 0 Å². The van der Waals surface area contributed by atoms with Crippen molar-refractivity contribution in [2.24, 2.45) is 0 Å². The van der Waals surface area contributed by atoms with E-state index in [9.17, 15) is 4.79 Å². The average Bonchev–Trinajstić information content (AvgIpc) is 2.95. The Morgan fingerprint density at radius 2 is 2.21 bits per heavy atom. The summed E-state index contributed by atoms with van der Waals surface area (Å²) in [5, 5.41) is 6.12. The molecule has 1 saturated heterocycles. The van der Waals surface area contributed by atoms with Gasteiger partial charge in [0.2, 0.25) is 5.91 Å². The molecule has 0 aromatic heterocycles. The van der Waals surface area contributed by atoms with Crippen LogP contribution in [0.5, 0.6) is 0 Å². The molecule has 1 atom stereocenters. The van der Waals surface area contributed by atoms with Gasteiger partial charge < -0.3 is 10.6 Å². The van der Waals surface area contributed by atoms with Crippen LogP contribution >= 0.6 is 0 Å². The highest BCUT2D eigenvalue weighted by molar-refractivity contribution is 5.95. The molecular weight excluding hydrogens is 236 g/mol. The van der Waals surface area contributed by atoms with Crippen molar-refractivity contribution in [2.45, 2.75) is 38.6 Å². The van der Waals surface area contributed by atoms with Gasteiger partial charge in [0, 0.05) is 17.7 Å². The van der Waals surface area contributed by atoms with Crippen LogP contribution in [0.2, 0.25) is 0 Å². The molecule has 0 aliphatic carbocycles. The number of carbonyl (C=O) groups excluding carboxylic acids is 1. The molecule has 0 saturated carbocycles. The minimum atomic E-state index is -0.0379. The van der Waals surface area contributed by atoms with Crippen LogP contribution in [0.3, 0.4) is 0 Å². The lowest BCUT2D eigenvalue weighted by Gasteiger charge is -2.10. The van der Waals surface area contributed by atoms with Crippen LogP contribution in [-0.4, -0.2) is 18.5 Å². The van der Waals surface area contributed by atoms with Gasteiger partial charge >= 0.3 is 0 Å². The second-order valence-corrected chi connectivity index (χ2v) is 4.77. The van der Waals surface area contributed by atoms with Crippen LogP contribution in [-0.2, 0) is 4.79 Å². The van der Waals surface area contributed by atoms with Crippen molar-refractivity contribution in [2.75, 3.05) is 11.9 Å². The number of rotatable bonds is 3. The van der Waals surface area contributed by atoms with Crippen molar-refractivity contribution in [1.29, 1.82) is 0 Å². The molecule has 0 bridgehead atoms. The predicted molar refractivity (Wildman–Crippen MR) is 77.9 cm³/mol. The van der Waals surface area contributed by atoms with E-state index in [0.29, 0.717) is 0 Å². The maximum Gasteiger partial charge on any atom is 0.241 e. The number of nitrogens with one attached hydrogen (secondary N) is 2. The lowest BCUT2D eigenvalue weighted by molar-refractivity contribution is -0.117. The Balaban J connectivity index is 1.91. The van der Waals surface area contributed by atoms with Crippen molar-refractivity contribution in [3.63, 3.8) is 0 Å². The van der Waals surface area contributed by atoms with Crippen LogP contribution in [0.4, 0.5) is 5.69 Å². The van der Waals surface area contributed by atoms with Crippen molar-refractivity contribution in [3.8, 4) is 11.8 Å². The minimum Gasteiger partial charge on any atom is -0.325 e. The molecule has 1 unspecified atom stereocenters. The molecule has 1 fully saturated rings. The number of amides is 1. The van der Waals surface area contributed by atoms with Gasteiger partial charge in [-0.05, 0) is 50.1 Å². The number of unbranched alkanes of at least 4 members (excludes halogenated alkanes) is 1. The summed E-state index contributed by atoms with van der Waals surface area (Å²) in [4.78, 5) is 11.9. The summed E-state index contributed by atoms with van der Waals surface area (Å²) in [5.41, 5.74) is 1.82. The Hall–Kier alpha value is -1.79. The first kappa shape index (κ1) is 13.6. The third-order valence-electron chi connectivity index (χ3n) is 3.14. The van der Waals surface area contributed by atoms with Crippen LogP contribution in [0.15, 0.2) is 24.3 Å². The third-order valence-corrected chi connectivity index (χ3v) is 3.14. The van der Waals surface area contributed by atoms with Crippen LogP contribution in [0.25, 0.3) is 0 Å². The lowest BCUT2D eigenvalue weighted by Crippen LogP contribution is -2.35. The summed E-state index contributed by atoms with van der Waals surface area (Å²) in [5.74, 6) is 6.27. The molecule has 2 rings (SSSR count). The lowest BCUT2D eigenvalue weighted by atomic mass is 10.2. The Bertz CT molecular complexity index is 476. The second kappa shape index (κ2) is 6.96. The Morgan fingerprint density at radius 1 is 1.42 bits per heavy atom. The second-order valence-electron chi connectivity index (χ2n) is 4.77. The van der Waals surface area contributed by atoms with Crippen LogP contribution in [0, 0.1) is 11.8 Å². The molecule has 19 heavy (non-hydrogen) atoms. The molecule has 1 aliphatic heterocycles. The summed E-state index contributed by atoms with van der Waals surface area (Å²) in [6.07, 6.45) is 4.00. The fraction of sp³-hybridized carbons (Fsp3) is 0.438. The van der Waals surface area contributed by atoms with E-state index < -0.39 is 0 Å². The standard InChI is InChI=1S/C16H20N2O/c1-2-3-4-6-13-8-10-14(11-9-13)18-16(19)15-7-5-12-17-15/h8-11,15,17H,2-3,5,7,12H2,1H3,(H,18,19). The first-order chi connectivity index (χ1) is 9.29. The molecule has 1 aliphatic rings. The van der Waals surface area contributed by atoms with E-state index in [1.807, 2.05) is 24.3 Å². The van der Waals surface area contributed by atoms with Gasteiger partial charge in [0.1, 0.15) is 0 Å². The third kappa shape index (κ3) is 4.11. The smallest absolute Gasteiger partial charge is 0.241 e. The summed E-state index contributed by atoms with van der Waals surface area (Å²) >= 11 is 0. The molecule has 1 aromatic rings. The van der Waals surface area contributed by atoms with Gasteiger partial charge in [-0.25, -0.2) is 0 Å². The zero-order valence-electron chi connectivity index (χ0n) is 11.3. The quantitative estimate of drug-likeness (QED) is 0.816. The topological polar surface area (TPSA) is 41.1 Å². The number of anilines is 1. The fourth-order valence-corrected chi connectivity index (χ4v) is 2.06. The Kier molecular flexibility index (Phi) is 5.00. The molecular formula is C16H20N2O. The predicted octanol–water partition coefficient (Wildman–Crippen LogP) is 2.53. The maximum absolute atomic E-state index is 11.9. The van der Waals surface area contributed by atoms with Gasteiger partial charge in [0.15, 0.2) is 0 Å². The first-order valence-corrected chi connectivity index (χ1v) is 6.93. The Morgan fingerprint density at radius 3 is 2.84 bits per heavy atom. The first-order valence-electron chi connectivity index (χ1n) is 6.93. The molecule has 1 amide bonds. The van der Waals surface area contributed by atoms with E-state index in [1.165, 1.54) is 0 Å². The van der Waals surface area contributed by atoms with Crippen molar-refractivity contribution < 1.29 is 4.79 Å². The highest BCUT2D eigenvalue weighted by atomic mass is 16.2. The minimum absolute atomic E-state index is 0.0379. The monoisotopic (exact) mass is 256 g/mol. The molecule has 100 valence electrons. The molecule has 1 aromatic carbocycles. The Labute approximate surface area is 114 Å². The van der Waals surface area contributed by atoms with Crippen LogP contribution < -0.4 is 10.6 Å². The van der Waals surface area contributed by atoms with Gasteiger partial charge in [-0.3, -0.25) is 4.79 Å². The summed E-state index contributed by atoms with van der Waals surface area (Å²) in [7, 11) is 0. The molecule has 1 heterocycles. The number of hydrogen-bond acceptors (Lipinski definition) is 2. The number of hydrogen-bond donors (Lipinski definition) is 2. The van der Waals surface area contributed by atoms with Crippen molar-refractivity contribution >= 4 is 11.6 Å². The van der Waals surface area contributed by atoms with Gasteiger partial charge in [-0.15, -0.1) is 0 Å². The molecule has 2 N–H and O–H groups in total. The summed E-state index contributed by atoms with van der Waals surface area (Å²) < 4.78 is 0. The van der Waals surface area contributed by atoms with E-state index in [2.05, 4.69) is 29.4 Å². The average molecular weight is 256 g/mol. The zero-order valence-corrected chi connectivity index (χ0v) is 11.3. The zero-order chi connectivity index (χ0) is 13.5. The summed E-state index contributed by atoms with van der Waals surface area (Å²) in [6.45, 7) is 3.05. The van der Waals surface area contributed by atoms with E-state index in [0.717, 1.165) is 43.5 Å². The van der Waals surface area contributed by atoms with E-state index in [4.69, 9.17) is 0 Å². The summed E-state index contributed by atoms with van der Waals surface area (Å²) in [6, 6.07) is 7.66. The van der Waals surface area contributed by atoms with E-state index >= 15 is 0 Å². The van der Waals surface area contributed by atoms with Gasteiger partial charge in [-0.1, -0.05) is 18.8 Å². The molecule has 3 heteroatoms. The number of carbonyl (C=O) groups is 1. The highest BCUT2D eigenvalue weighted by Crippen LogP contribution is 2.12. The molecule has 0 radical (unpaired) electrons. The van der Waals surface area contributed by atoms with E-state index in [1.54, 1.807) is 0 Å². The highest BCUT2D eigenvalue weighted by Gasteiger charge is 2.21. The van der Waals surface area contributed by atoms with Crippen molar-refractivity contribution in [1.82, 2.24) is 5.32 Å². The largest absolute Gasteiger partial charge is 0.325 e. The molecule has 3 nitrogen and oxygen atoms in total. The normalized spacial score (nSPS) is 17.6. The van der Waals surface area contributed by atoms with E-state index in [-0.39, 0.29) is 11.9 Å². The SMILES string of the molecule is CCCC#Cc1ccc(NC(=O)C2CCCN2)cc1. The maximum atomic E-state index is 11.9. The van der Waals surface area contributed by atoms with Crippen molar-refractivity contribution in [3.05, 3.63) is 29.8 Å².